The zero-order chi connectivity index (χ0) is 85.3. The highest BCUT2D eigenvalue weighted by atomic mass is 16.5. The van der Waals surface area contributed by atoms with Crippen molar-refractivity contribution >= 4 is 69.6 Å². The number of terminal acetylenes is 2. The summed E-state index contributed by atoms with van der Waals surface area (Å²) in [6.07, 6.45) is 19.3. The van der Waals surface area contributed by atoms with Crippen molar-refractivity contribution in [3.05, 3.63) is 256 Å². The number of anilines is 6. The second kappa shape index (κ2) is 49.8. The highest BCUT2D eigenvalue weighted by Crippen LogP contribution is 2.24. The number of rotatable bonds is 22. The molecule has 6 aromatic carbocycles. The number of aromatic nitrogens is 2. The predicted octanol–water partition coefficient (Wildman–Crippen LogP) is 19.0. The van der Waals surface area contributed by atoms with Crippen molar-refractivity contribution < 1.29 is 58.2 Å². The van der Waals surface area contributed by atoms with E-state index in [0.29, 0.717) is 45.4 Å². The van der Waals surface area contributed by atoms with Gasteiger partial charge >= 0.3 is 0 Å². The SMILES string of the molecule is C.C#CCC/C(O)=C(\C#N)C(=O)Nc1ccc(C)c(CC)c1.C#CCC/C(O)=C(\C#N)C(=O)Nc1ccc(CC)c(C)c1.CCc1cc(NC(=O)/C(C#N)=C(/C)O)ccc1C.CCc1cc(NC(=O)c2cnoc2C)ccc1C.CCc1ccc(NC(=O)/C(C#N)=C(/C)O)cc1C.CCc1ccc(NC(=O)c2cnoc2C)cc1C. The quantitative estimate of drug-likeness (QED) is 0.0130. The normalized spacial score (nSPS) is 10.9. The van der Waals surface area contributed by atoms with Crippen molar-refractivity contribution in [1.29, 1.82) is 21.0 Å². The Morgan fingerprint density at radius 3 is 0.835 bits per heavy atom. The maximum absolute atomic E-state index is 12.0. The Morgan fingerprint density at radius 2 is 0.609 bits per heavy atom. The first kappa shape index (κ1) is 96.9. The van der Waals surface area contributed by atoms with E-state index in [0.717, 1.165) is 83.3 Å². The topological polar surface area (TPSA) is 403 Å². The zero-order valence-electron chi connectivity index (χ0n) is 67.5. The third-order valence-corrected chi connectivity index (χ3v) is 17.6. The molecule has 0 unspecified atom stereocenters. The zero-order valence-corrected chi connectivity index (χ0v) is 67.5. The molecule has 24 heteroatoms. The van der Waals surface area contributed by atoms with Gasteiger partial charge in [-0.1, -0.05) is 95.7 Å². The van der Waals surface area contributed by atoms with Crippen LogP contribution in [0.3, 0.4) is 0 Å². The molecule has 2 aromatic heterocycles. The second-order valence-corrected chi connectivity index (χ2v) is 25.7. The number of allylic oxidation sites excluding steroid dienone is 4. The van der Waals surface area contributed by atoms with Crippen molar-refractivity contribution in [1.82, 2.24) is 10.3 Å². The van der Waals surface area contributed by atoms with Gasteiger partial charge in [-0.15, -0.1) is 24.7 Å². The molecule has 8 rings (SSSR count). The Balaban J connectivity index is 0.000000468. The summed E-state index contributed by atoms with van der Waals surface area (Å²) in [6, 6.07) is 40.8. The molecule has 115 heavy (non-hydrogen) atoms. The lowest BCUT2D eigenvalue weighted by Gasteiger charge is -2.09. The minimum atomic E-state index is -0.629. The Kier molecular flexibility index (Phi) is 42.0. The van der Waals surface area contributed by atoms with Crippen molar-refractivity contribution in [3.63, 3.8) is 0 Å². The largest absolute Gasteiger partial charge is 0.511 e. The molecule has 600 valence electrons. The van der Waals surface area contributed by atoms with Gasteiger partial charge in [0.25, 0.3) is 35.4 Å². The van der Waals surface area contributed by atoms with Gasteiger partial charge in [0.2, 0.25) is 0 Å². The van der Waals surface area contributed by atoms with E-state index >= 15 is 0 Å². The Hall–Kier alpha value is -14.2. The fraction of sp³-hybridized carbons (Fsp3) is 0.297. The van der Waals surface area contributed by atoms with Gasteiger partial charge in [0.1, 0.15) is 70.0 Å². The van der Waals surface area contributed by atoms with Crippen LogP contribution in [0.15, 0.2) is 176 Å². The number of nitriles is 4. The number of carbonyl (C=O) groups excluding carboxylic acids is 6. The number of carbonyl (C=O) groups is 6. The van der Waals surface area contributed by atoms with E-state index in [1.807, 2.05) is 133 Å². The van der Waals surface area contributed by atoms with E-state index in [1.54, 1.807) is 62.4 Å². The molecular formula is C91H104N12O12. The van der Waals surface area contributed by atoms with Gasteiger partial charge in [-0.25, -0.2) is 0 Å². The van der Waals surface area contributed by atoms with Gasteiger partial charge in [-0.3, -0.25) is 28.8 Å². The summed E-state index contributed by atoms with van der Waals surface area (Å²) in [5, 5.41) is 96.7. The third kappa shape index (κ3) is 30.9. The van der Waals surface area contributed by atoms with Gasteiger partial charge in [-0.2, -0.15) is 21.0 Å². The molecule has 0 aliphatic heterocycles. The average Bonchev–Trinajstić information content (AvgIpc) is 1.76. The highest BCUT2D eigenvalue weighted by molar-refractivity contribution is 6.09. The van der Waals surface area contributed by atoms with E-state index in [1.165, 1.54) is 59.6 Å². The van der Waals surface area contributed by atoms with Crippen LogP contribution in [0.1, 0.15) is 187 Å². The lowest BCUT2D eigenvalue weighted by atomic mass is 10.1. The summed E-state index contributed by atoms with van der Waals surface area (Å²) in [7, 11) is 0. The maximum Gasteiger partial charge on any atom is 0.269 e. The molecule has 2 heterocycles. The minimum absolute atomic E-state index is 0. The molecule has 0 atom stereocenters. The number of nitrogens with one attached hydrogen (secondary N) is 6. The van der Waals surface area contributed by atoms with E-state index < -0.39 is 23.6 Å². The van der Waals surface area contributed by atoms with Crippen LogP contribution in [-0.2, 0) is 57.7 Å². The number of hydrogen-bond acceptors (Lipinski definition) is 18. The summed E-state index contributed by atoms with van der Waals surface area (Å²) < 4.78 is 9.75. The number of aliphatic hydroxyl groups is 4. The van der Waals surface area contributed by atoms with Crippen LogP contribution in [0.2, 0.25) is 0 Å². The van der Waals surface area contributed by atoms with Crippen molar-refractivity contribution in [2.75, 3.05) is 31.9 Å². The maximum atomic E-state index is 12.0. The number of amides is 6. The molecular weight excluding hydrogens is 1450 g/mol. The van der Waals surface area contributed by atoms with E-state index in [2.05, 4.69) is 88.7 Å². The van der Waals surface area contributed by atoms with Crippen molar-refractivity contribution in [3.8, 4) is 49.0 Å². The summed E-state index contributed by atoms with van der Waals surface area (Å²) in [5.74, 6) is 1.79. The van der Waals surface area contributed by atoms with Crippen LogP contribution in [0.4, 0.5) is 34.1 Å². The summed E-state index contributed by atoms with van der Waals surface area (Å²) >= 11 is 0. The third-order valence-electron chi connectivity index (χ3n) is 17.6. The summed E-state index contributed by atoms with van der Waals surface area (Å²) in [4.78, 5) is 71.4. The fourth-order valence-electron chi connectivity index (χ4n) is 10.8. The minimum Gasteiger partial charge on any atom is -0.511 e. The first-order chi connectivity index (χ1) is 54.3. The molecule has 0 spiro atoms. The standard InChI is InChI=1S/2C17H18N2O2.4C14H16N2O2.CH4/c1-4-6-7-16(20)15(11-18)17(21)19-14-9-8-13(5-2)12(3)10-14;1-4-6-7-16(20)15(11-18)17(21)19-14-9-8-12(3)13(5-2)10-14;1-4-11-5-6-12(7-9(11)2)16-14(17)13-8-15-18-10(13)3;1-4-11-7-12(6-5-9(11)2)16-14(17)13-8-15-18-10(13)3;1-4-11-5-6-12(7-9(11)2)16-14(18)13(8-15)10(3)17;1-4-11-7-12(6-5-9(11)2)16-14(18)13(8-15)10(3)17;/h2*1,8-10,20H,5-7H2,2-3H3,(H,19,21);2*5-8H,4H2,1-3H3,(H,16,17);2*5-7,17H,4H2,1-3H3,(H,16,18);1H4/b2*16-15-;;;2*13-10-;. The van der Waals surface area contributed by atoms with E-state index in [4.69, 9.17) is 42.9 Å². The molecule has 0 fully saturated rings. The molecule has 6 amide bonds. The Morgan fingerprint density at radius 1 is 0.365 bits per heavy atom. The highest BCUT2D eigenvalue weighted by Gasteiger charge is 2.20. The molecule has 24 nitrogen and oxygen atoms in total. The van der Waals surface area contributed by atoms with Crippen LogP contribution in [0, 0.1) is 125 Å². The number of hydrogen-bond donors (Lipinski definition) is 10. The van der Waals surface area contributed by atoms with Gasteiger partial charge in [-0.05, 0) is 247 Å². The summed E-state index contributed by atoms with van der Waals surface area (Å²) in [6.45, 7) is 30.5. The monoisotopic (exact) mass is 1560 g/mol. The molecule has 10 N–H and O–H groups in total. The van der Waals surface area contributed by atoms with Crippen molar-refractivity contribution in [2.24, 2.45) is 0 Å². The number of aliphatic hydroxyl groups excluding tert-OH is 4. The van der Waals surface area contributed by atoms with Crippen LogP contribution >= 0.6 is 0 Å². The molecule has 8 aromatic rings. The molecule has 0 saturated carbocycles. The number of aryl methyl sites for hydroxylation is 14. The van der Waals surface area contributed by atoms with Gasteiger partial charge in [0, 0.05) is 59.8 Å². The molecule has 0 aliphatic rings. The predicted molar refractivity (Wildman–Crippen MR) is 452 cm³/mol. The Labute approximate surface area is 675 Å². The molecule has 0 saturated heterocycles. The van der Waals surface area contributed by atoms with Crippen LogP contribution in [0.5, 0.6) is 0 Å². The second-order valence-electron chi connectivity index (χ2n) is 25.7. The fourth-order valence-corrected chi connectivity index (χ4v) is 10.8. The number of nitrogens with zero attached hydrogens (tertiary/aromatic N) is 6. The van der Waals surface area contributed by atoms with Crippen LogP contribution in [0.25, 0.3) is 0 Å². The molecule has 0 radical (unpaired) electrons. The molecule has 0 bridgehead atoms. The van der Waals surface area contributed by atoms with E-state index in [-0.39, 0.29) is 90.3 Å². The Bertz CT molecular complexity index is 5150. The van der Waals surface area contributed by atoms with Crippen LogP contribution < -0.4 is 31.9 Å². The average molecular weight is 1560 g/mol. The first-order valence-corrected chi connectivity index (χ1v) is 36.7. The smallest absolute Gasteiger partial charge is 0.269 e. The van der Waals surface area contributed by atoms with Gasteiger partial charge in [0.05, 0.1) is 12.4 Å². The number of benzene rings is 6. The lowest BCUT2D eigenvalue weighted by molar-refractivity contribution is -0.113. The lowest BCUT2D eigenvalue weighted by Crippen LogP contribution is -2.15. The summed E-state index contributed by atoms with van der Waals surface area (Å²) in [5.41, 5.74) is 17.8. The first-order valence-electron chi connectivity index (χ1n) is 36.7. The molecule has 0 aliphatic carbocycles. The van der Waals surface area contributed by atoms with Gasteiger partial charge < -0.3 is 61.4 Å². The van der Waals surface area contributed by atoms with Gasteiger partial charge in [0.15, 0.2) is 22.3 Å². The van der Waals surface area contributed by atoms with Crippen molar-refractivity contribution in [2.45, 2.75) is 182 Å². The van der Waals surface area contributed by atoms with Crippen LogP contribution in [-0.4, -0.2) is 66.2 Å². The van der Waals surface area contributed by atoms with E-state index in [9.17, 15) is 49.2 Å².